The molecule has 108 valence electrons. The molecule has 0 aliphatic carbocycles. The third-order valence-corrected chi connectivity index (χ3v) is 3.59. The molecule has 0 aliphatic heterocycles. The minimum Gasteiger partial charge on any atom is -0.455 e. The molecule has 0 N–H and O–H groups in total. The number of furan rings is 1. The van der Waals surface area contributed by atoms with Gasteiger partial charge in [-0.1, -0.05) is 85.5 Å². The first kappa shape index (κ1) is 14.2. The van der Waals surface area contributed by atoms with E-state index < -0.39 is 0 Å². The predicted octanol–water partition coefficient (Wildman–Crippen LogP) is 6.29. The monoisotopic (exact) mass is 286 g/mol. The van der Waals surface area contributed by atoms with Crippen LogP contribution in [0.15, 0.2) is 77.7 Å². The molecule has 3 rings (SSSR count). The Kier molecular flexibility index (Phi) is 4.06. The molecule has 0 fully saturated rings. The number of benzene rings is 2. The van der Waals surface area contributed by atoms with Crippen LogP contribution in [0.3, 0.4) is 0 Å². The van der Waals surface area contributed by atoms with E-state index in [1.165, 1.54) is 0 Å². The van der Waals surface area contributed by atoms with Gasteiger partial charge < -0.3 is 4.42 Å². The molecule has 0 radical (unpaired) electrons. The molecule has 3 aromatic rings. The SMILES string of the molecule is C=Cc1c(-c2ccccc2)oc(-c2ccccc2)c1/C=C\C. The summed E-state index contributed by atoms with van der Waals surface area (Å²) in [4.78, 5) is 0. The molecule has 0 spiro atoms. The van der Waals surface area contributed by atoms with Crippen molar-refractivity contribution in [3.05, 3.63) is 84.4 Å². The summed E-state index contributed by atoms with van der Waals surface area (Å²) in [7, 11) is 0. The summed E-state index contributed by atoms with van der Waals surface area (Å²) < 4.78 is 6.24. The Bertz CT molecular complexity index is 793. The van der Waals surface area contributed by atoms with E-state index in [2.05, 4.69) is 36.9 Å². The Balaban J connectivity index is 2.27. The molecule has 0 atom stereocenters. The second-order valence-electron chi connectivity index (χ2n) is 5.02. The highest BCUT2D eigenvalue weighted by Crippen LogP contribution is 2.38. The molecule has 0 aliphatic rings. The van der Waals surface area contributed by atoms with Crippen LogP contribution in [0.1, 0.15) is 18.1 Å². The fourth-order valence-corrected chi connectivity index (χ4v) is 2.60. The van der Waals surface area contributed by atoms with E-state index in [-0.39, 0.29) is 0 Å². The Morgan fingerprint density at radius 3 is 1.73 bits per heavy atom. The van der Waals surface area contributed by atoms with Gasteiger partial charge in [0.2, 0.25) is 0 Å². The second kappa shape index (κ2) is 6.31. The van der Waals surface area contributed by atoms with Crippen LogP contribution in [-0.2, 0) is 0 Å². The molecular formula is C21H18O. The van der Waals surface area contributed by atoms with Gasteiger partial charge in [-0.3, -0.25) is 0 Å². The number of hydrogen-bond acceptors (Lipinski definition) is 1. The molecule has 1 heterocycles. The summed E-state index contributed by atoms with van der Waals surface area (Å²) in [6.45, 7) is 5.98. The van der Waals surface area contributed by atoms with Crippen molar-refractivity contribution in [3.63, 3.8) is 0 Å². The van der Waals surface area contributed by atoms with Crippen molar-refractivity contribution in [3.8, 4) is 22.6 Å². The maximum atomic E-state index is 6.24. The van der Waals surface area contributed by atoms with E-state index >= 15 is 0 Å². The van der Waals surface area contributed by atoms with Crippen molar-refractivity contribution >= 4 is 12.2 Å². The van der Waals surface area contributed by atoms with Crippen LogP contribution in [-0.4, -0.2) is 0 Å². The Morgan fingerprint density at radius 2 is 1.27 bits per heavy atom. The van der Waals surface area contributed by atoms with Gasteiger partial charge in [-0.2, -0.15) is 0 Å². The third kappa shape index (κ3) is 2.53. The maximum absolute atomic E-state index is 6.24. The number of rotatable bonds is 4. The van der Waals surface area contributed by atoms with Gasteiger partial charge in [-0.25, -0.2) is 0 Å². The summed E-state index contributed by atoms with van der Waals surface area (Å²) in [5.74, 6) is 1.75. The quantitative estimate of drug-likeness (QED) is 0.549. The lowest BCUT2D eigenvalue weighted by atomic mass is 10.0. The maximum Gasteiger partial charge on any atom is 0.142 e. The number of allylic oxidation sites excluding steroid dienone is 1. The Morgan fingerprint density at radius 1 is 0.773 bits per heavy atom. The van der Waals surface area contributed by atoms with E-state index in [1.54, 1.807) is 0 Å². The molecule has 0 saturated carbocycles. The lowest BCUT2D eigenvalue weighted by molar-refractivity contribution is 0.596. The average Bonchev–Trinajstić information content (AvgIpc) is 2.95. The lowest BCUT2D eigenvalue weighted by Crippen LogP contribution is -1.80. The smallest absolute Gasteiger partial charge is 0.142 e. The molecule has 0 amide bonds. The summed E-state index contributed by atoms with van der Waals surface area (Å²) >= 11 is 0. The zero-order valence-corrected chi connectivity index (χ0v) is 12.6. The van der Waals surface area contributed by atoms with Gasteiger partial charge in [-0.05, 0) is 6.92 Å². The standard InChI is InChI=1S/C21H18O/c1-3-11-19-18(4-2)20(16-12-7-5-8-13-16)22-21(19)17-14-9-6-10-15-17/h3-15H,2H2,1H3/b11-3-. The van der Waals surface area contributed by atoms with Crippen LogP contribution in [0.4, 0.5) is 0 Å². The largest absolute Gasteiger partial charge is 0.455 e. The molecule has 22 heavy (non-hydrogen) atoms. The fourth-order valence-electron chi connectivity index (χ4n) is 2.60. The summed E-state index contributed by atoms with van der Waals surface area (Å²) in [5, 5.41) is 0. The zero-order valence-electron chi connectivity index (χ0n) is 12.6. The van der Waals surface area contributed by atoms with Crippen LogP contribution in [0.25, 0.3) is 34.8 Å². The first-order valence-electron chi connectivity index (χ1n) is 7.38. The molecule has 0 bridgehead atoms. The predicted molar refractivity (Wildman–Crippen MR) is 94.4 cm³/mol. The van der Waals surface area contributed by atoms with E-state index in [1.807, 2.05) is 55.5 Å². The third-order valence-electron chi connectivity index (χ3n) is 3.59. The minimum absolute atomic E-state index is 0.863. The van der Waals surface area contributed by atoms with Crippen LogP contribution in [0.2, 0.25) is 0 Å². The first-order valence-corrected chi connectivity index (χ1v) is 7.38. The van der Waals surface area contributed by atoms with Crippen LogP contribution >= 0.6 is 0 Å². The van der Waals surface area contributed by atoms with Crippen molar-refractivity contribution in [2.75, 3.05) is 0 Å². The van der Waals surface area contributed by atoms with Crippen molar-refractivity contribution < 1.29 is 4.42 Å². The van der Waals surface area contributed by atoms with E-state index in [9.17, 15) is 0 Å². The molecule has 1 aromatic heterocycles. The van der Waals surface area contributed by atoms with E-state index in [0.717, 1.165) is 33.8 Å². The molecular weight excluding hydrogens is 268 g/mol. The van der Waals surface area contributed by atoms with Crippen molar-refractivity contribution in [1.82, 2.24) is 0 Å². The highest BCUT2D eigenvalue weighted by atomic mass is 16.3. The van der Waals surface area contributed by atoms with Crippen molar-refractivity contribution in [1.29, 1.82) is 0 Å². The highest BCUT2D eigenvalue weighted by Gasteiger charge is 2.18. The van der Waals surface area contributed by atoms with Gasteiger partial charge in [0, 0.05) is 22.3 Å². The van der Waals surface area contributed by atoms with E-state index in [4.69, 9.17) is 4.42 Å². The van der Waals surface area contributed by atoms with Gasteiger partial charge in [-0.15, -0.1) is 0 Å². The summed E-state index contributed by atoms with van der Waals surface area (Å²) in [6, 6.07) is 20.3. The molecule has 0 saturated heterocycles. The minimum atomic E-state index is 0.863. The summed E-state index contributed by atoms with van der Waals surface area (Å²) in [6.07, 6.45) is 5.97. The Labute approximate surface area is 131 Å². The normalized spacial score (nSPS) is 11.0. The molecule has 2 aromatic carbocycles. The average molecular weight is 286 g/mol. The van der Waals surface area contributed by atoms with E-state index in [0.29, 0.717) is 0 Å². The molecule has 1 heteroatoms. The Hall–Kier alpha value is -2.80. The van der Waals surface area contributed by atoms with Crippen molar-refractivity contribution in [2.24, 2.45) is 0 Å². The van der Waals surface area contributed by atoms with Gasteiger partial charge >= 0.3 is 0 Å². The van der Waals surface area contributed by atoms with Crippen LogP contribution in [0, 0.1) is 0 Å². The van der Waals surface area contributed by atoms with Crippen LogP contribution in [0.5, 0.6) is 0 Å². The van der Waals surface area contributed by atoms with Gasteiger partial charge in [0.1, 0.15) is 11.5 Å². The molecule has 1 nitrogen and oxygen atoms in total. The molecule has 0 unspecified atom stereocenters. The highest BCUT2D eigenvalue weighted by molar-refractivity contribution is 5.85. The van der Waals surface area contributed by atoms with Crippen molar-refractivity contribution in [2.45, 2.75) is 6.92 Å². The van der Waals surface area contributed by atoms with Gasteiger partial charge in [0.25, 0.3) is 0 Å². The lowest BCUT2D eigenvalue weighted by Gasteiger charge is -1.99. The summed E-state index contributed by atoms with van der Waals surface area (Å²) in [5.41, 5.74) is 4.23. The zero-order chi connectivity index (χ0) is 15.4. The fraction of sp³-hybridized carbons (Fsp3) is 0.0476. The number of hydrogen-bond donors (Lipinski definition) is 0. The topological polar surface area (TPSA) is 13.1 Å². The van der Waals surface area contributed by atoms with Crippen LogP contribution < -0.4 is 0 Å². The first-order chi connectivity index (χ1) is 10.8. The second-order valence-corrected chi connectivity index (χ2v) is 5.02. The van der Waals surface area contributed by atoms with Gasteiger partial charge in [0.15, 0.2) is 0 Å². The van der Waals surface area contributed by atoms with Gasteiger partial charge in [0.05, 0.1) is 0 Å².